The maximum absolute atomic E-state index is 3.51. The lowest BCUT2D eigenvalue weighted by molar-refractivity contribution is 1.18. The topological polar surface area (TPSA) is 0 Å². The summed E-state index contributed by atoms with van der Waals surface area (Å²) in [5.74, 6) is 16.2. The van der Waals surface area contributed by atoms with Gasteiger partial charge >= 0.3 is 8.07 Å². The Bertz CT molecular complexity index is 544. The van der Waals surface area contributed by atoms with Gasteiger partial charge in [-0.15, -0.1) is 23.7 Å². The van der Waals surface area contributed by atoms with E-state index in [0.717, 1.165) is 0 Å². The first kappa shape index (κ1) is 13.1. The van der Waals surface area contributed by atoms with E-state index in [1.54, 1.807) is 0 Å². The molecule has 1 heteroatoms. The van der Waals surface area contributed by atoms with Gasteiger partial charge in [0.25, 0.3) is 0 Å². The zero-order valence-electron chi connectivity index (χ0n) is 12.5. The van der Waals surface area contributed by atoms with Crippen LogP contribution in [0.25, 0.3) is 0 Å². The van der Waals surface area contributed by atoms with E-state index >= 15 is 0 Å². The van der Waals surface area contributed by atoms with Gasteiger partial charge in [-0.05, 0) is 51.4 Å². The molecular weight excluding hydrogens is 268 g/mol. The van der Waals surface area contributed by atoms with Crippen molar-refractivity contribution in [2.24, 2.45) is 23.7 Å². The summed E-state index contributed by atoms with van der Waals surface area (Å²) >= 11 is 0. The maximum Gasteiger partial charge on any atom is 0.369 e. The van der Waals surface area contributed by atoms with Crippen LogP contribution in [0.5, 0.6) is 0 Å². The van der Waals surface area contributed by atoms with Gasteiger partial charge in [-0.25, -0.2) is 0 Å². The van der Waals surface area contributed by atoms with E-state index in [0.29, 0.717) is 23.7 Å². The molecule has 0 atom stereocenters. The van der Waals surface area contributed by atoms with Crippen molar-refractivity contribution in [3.8, 4) is 45.9 Å². The minimum Gasteiger partial charge on any atom is -0.104 e. The van der Waals surface area contributed by atoms with Crippen molar-refractivity contribution in [3.05, 3.63) is 0 Å². The molecule has 0 radical (unpaired) electrons. The fourth-order valence-corrected chi connectivity index (χ4v) is 4.00. The van der Waals surface area contributed by atoms with Gasteiger partial charge in [-0.2, -0.15) is 0 Å². The summed E-state index contributed by atoms with van der Waals surface area (Å²) in [7, 11) is -2.33. The number of hydrogen-bond acceptors (Lipinski definition) is 0. The monoisotopic (exact) mass is 288 g/mol. The fraction of sp³-hybridized carbons (Fsp3) is 0.600. The normalized spacial score (nSPS) is 23.2. The van der Waals surface area contributed by atoms with Crippen LogP contribution in [0.2, 0.25) is 0 Å². The Morgan fingerprint density at radius 3 is 0.857 bits per heavy atom. The second kappa shape index (κ2) is 5.34. The minimum absolute atomic E-state index is 0.616. The van der Waals surface area contributed by atoms with Gasteiger partial charge in [0.15, 0.2) is 0 Å². The molecule has 0 aliphatic heterocycles. The van der Waals surface area contributed by atoms with Crippen molar-refractivity contribution in [2.75, 3.05) is 0 Å². The van der Waals surface area contributed by atoms with Crippen LogP contribution in [0.4, 0.5) is 0 Å². The van der Waals surface area contributed by atoms with Gasteiger partial charge in [0.1, 0.15) is 0 Å². The highest BCUT2D eigenvalue weighted by Gasteiger charge is 2.31. The fourth-order valence-electron chi connectivity index (χ4n) is 1.94. The SMILES string of the molecule is C(#C[Si](C#CC1CC1)(C#CC1CC1)C#CC1CC1)C1CC1. The van der Waals surface area contributed by atoms with Crippen LogP contribution in [-0.2, 0) is 0 Å². The molecule has 4 saturated carbocycles. The Labute approximate surface area is 129 Å². The van der Waals surface area contributed by atoms with Crippen LogP contribution >= 0.6 is 0 Å². The van der Waals surface area contributed by atoms with Gasteiger partial charge < -0.3 is 0 Å². The van der Waals surface area contributed by atoms with E-state index in [2.05, 4.69) is 45.9 Å². The lowest BCUT2D eigenvalue weighted by Gasteiger charge is -2.03. The minimum atomic E-state index is -2.33. The molecule has 21 heavy (non-hydrogen) atoms. The van der Waals surface area contributed by atoms with Gasteiger partial charge in [-0.1, -0.05) is 22.2 Å². The third kappa shape index (κ3) is 4.21. The van der Waals surface area contributed by atoms with Crippen molar-refractivity contribution >= 4 is 8.07 Å². The number of hydrogen-bond donors (Lipinski definition) is 0. The molecule has 4 rings (SSSR count). The quantitative estimate of drug-likeness (QED) is 0.474. The summed E-state index contributed by atoms with van der Waals surface area (Å²) in [6.45, 7) is 0. The molecule has 0 aromatic rings. The molecule has 0 amide bonds. The summed E-state index contributed by atoms with van der Waals surface area (Å²) in [5, 5.41) is 0. The second-order valence-corrected chi connectivity index (χ2v) is 9.42. The zero-order valence-corrected chi connectivity index (χ0v) is 13.5. The van der Waals surface area contributed by atoms with Crippen molar-refractivity contribution < 1.29 is 0 Å². The molecule has 104 valence electrons. The summed E-state index contributed by atoms with van der Waals surface area (Å²) in [6, 6.07) is 0. The molecule has 0 bridgehead atoms. The molecule has 0 aromatic heterocycles. The Kier molecular flexibility index (Phi) is 3.34. The molecule has 4 aliphatic rings. The first-order valence-corrected chi connectivity index (χ1v) is 10.4. The van der Waals surface area contributed by atoms with Crippen LogP contribution in [0, 0.1) is 69.5 Å². The molecule has 0 aromatic carbocycles. The highest BCUT2D eigenvalue weighted by atomic mass is 28.3. The summed E-state index contributed by atoms with van der Waals surface area (Å²) < 4.78 is 0. The highest BCUT2D eigenvalue weighted by molar-refractivity contribution is 7.06. The van der Waals surface area contributed by atoms with E-state index in [1.807, 2.05) is 0 Å². The number of rotatable bonds is 0. The van der Waals surface area contributed by atoms with Crippen molar-refractivity contribution in [1.82, 2.24) is 0 Å². The molecule has 0 heterocycles. The lowest BCUT2D eigenvalue weighted by Crippen LogP contribution is -2.29. The van der Waals surface area contributed by atoms with E-state index < -0.39 is 8.07 Å². The predicted octanol–water partition coefficient (Wildman–Crippen LogP) is 3.25. The van der Waals surface area contributed by atoms with E-state index in [-0.39, 0.29) is 0 Å². The van der Waals surface area contributed by atoms with E-state index in [9.17, 15) is 0 Å². The third-order valence-corrected chi connectivity index (χ3v) is 6.24. The Morgan fingerprint density at radius 2 is 0.667 bits per heavy atom. The van der Waals surface area contributed by atoms with Gasteiger partial charge in [0, 0.05) is 23.7 Å². The van der Waals surface area contributed by atoms with Crippen LogP contribution < -0.4 is 0 Å². The molecule has 0 N–H and O–H groups in total. The second-order valence-electron chi connectivity index (χ2n) is 6.92. The first-order chi connectivity index (χ1) is 10.3. The molecular formula is C20H20Si. The van der Waals surface area contributed by atoms with Crippen molar-refractivity contribution in [3.63, 3.8) is 0 Å². The Balaban J connectivity index is 1.65. The Morgan fingerprint density at radius 1 is 0.429 bits per heavy atom. The van der Waals surface area contributed by atoms with Crippen LogP contribution in [-0.4, -0.2) is 8.07 Å². The molecule has 0 saturated heterocycles. The van der Waals surface area contributed by atoms with Crippen molar-refractivity contribution in [1.29, 1.82) is 0 Å². The lowest BCUT2D eigenvalue weighted by atomic mass is 10.5. The summed E-state index contributed by atoms with van der Waals surface area (Å²) in [4.78, 5) is 0. The van der Waals surface area contributed by atoms with Crippen LogP contribution in [0.3, 0.4) is 0 Å². The summed E-state index contributed by atoms with van der Waals surface area (Å²) in [6.07, 6.45) is 10.1. The standard InChI is InChI=1S/C20H20Si/c1-2-17(1)9-13-21(14-10-18-3-4-18,15-11-19-5-6-19)16-12-20-7-8-20/h17-20H,1-8H2. The molecule has 0 spiro atoms. The van der Waals surface area contributed by atoms with Crippen LogP contribution in [0.1, 0.15) is 51.4 Å². The van der Waals surface area contributed by atoms with Crippen LogP contribution in [0.15, 0.2) is 0 Å². The largest absolute Gasteiger partial charge is 0.369 e. The summed E-state index contributed by atoms with van der Waals surface area (Å²) in [5.41, 5.74) is 14.1. The van der Waals surface area contributed by atoms with Gasteiger partial charge in [-0.3, -0.25) is 0 Å². The average molecular weight is 288 g/mol. The van der Waals surface area contributed by atoms with Crippen molar-refractivity contribution in [2.45, 2.75) is 51.4 Å². The average Bonchev–Trinajstić information content (AvgIpc) is 3.39. The molecule has 4 fully saturated rings. The van der Waals surface area contributed by atoms with E-state index in [4.69, 9.17) is 0 Å². The van der Waals surface area contributed by atoms with E-state index in [1.165, 1.54) is 51.4 Å². The first-order valence-electron chi connectivity index (χ1n) is 8.42. The Hall–Kier alpha value is -1.54. The molecule has 0 unspecified atom stereocenters. The van der Waals surface area contributed by atoms with Gasteiger partial charge in [0.05, 0.1) is 0 Å². The molecule has 0 nitrogen and oxygen atoms in total. The smallest absolute Gasteiger partial charge is 0.104 e. The third-order valence-electron chi connectivity index (χ3n) is 4.16. The van der Waals surface area contributed by atoms with Gasteiger partial charge in [0.2, 0.25) is 0 Å². The maximum atomic E-state index is 3.51. The highest BCUT2D eigenvalue weighted by Crippen LogP contribution is 2.30. The predicted molar refractivity (Wildman–Crippen MR) is 87.8 cm³/mol. The zero-order chi connectivity index (χ0) is 14.1. The molecule has 4 aliphatic carbocycles.